The first-order valence-corrected chi connectivity index (χ1v) is 7.50. The maximum atomic E-state index is 11.7. The minimum absolute atomic E-state index is 0.490. The highest BCUT2D eigenvalue weighted by Crippen LogP contribution is 2.28. The third-order valence-electron chi connectivity index (χ3n) is 4.07. The second-order valence-corrected chi connectivity index (χ2v) is 5.69. The Labute approximate surface area is 129 Å². The molecule has 1 N–H and O–H groups in total. The van der Waals surface area contributed by atoms with Gasteiger partial charge in [0.15, 0.2) is 0 Å². The molecule has 0 bridgehead atoms. The van der Waals surface area contributed by atoms with Crippen molar-refractivity contribution in [1.29, 1.82) is 0 Å². The lowest BCUT2D eigenvalue weighted by Crippen LogP contribution is -2.37. The van der Waals surface area contributed by atoms with Gasteiger partial charge in [0.25, 0.3) is 0 Å². The summed E-state index contributed by atoms with van der Waals surface area (Å²) in [6.45, 7) is 6.51. The van der Waals surface area contributed by atoms with Crippen LogP contribution in [0.15, 0.2) is 24.5 Å². The van der Waals surface area contributed by atoms with Crippen LogP contribution in [0.25, 0.3) is 0 Å². The quantitative estimate of drug-likeness (QED) is 0.932. The topological polar surface area (TPSA) is 71.2 Å². The second-order valence-electron chi connectivity index (χ2n) is 5.69. The van der Waals surface area contributed by atoms with Crippen molar-refractivity contribution in [3.05, 3.63) is 47.3 Å². The summed E-state index contributed by atoms with van der Waals surface area (Å²) in [5.41, 5.74) is 3.65. The van der Waals surface area contributed by atoms with Gasteiger partial charge in [-0.1, -0.05) is 6.07 Å². The molecule has 0 amide bonds. The molecule has 0 aromatic carbocycles. The summed E-state index contributed by atoms with van der Waals surface area (Å²) in [6, 6.07) is 5.91. The third kappa shape index (κ3) is 2.74. The molecular formula is C16H20N4O2. The molecule has 1 aliphatic heterocycles. The van der Waals surface area contributed by atoms with Crippen LogP contribution in [-0.2, 0) is 24.4 Å². The average Bonchev–Trinajstić information content (AvgIpc) is 2.89. The number of hydrogen-bond donors (Lipinski definition) is 1. The molecule has 0 aliphatic carbocycles. The van der Waals surface area contributed by atoms with Crippen molar-refractivity contribution < 1.29 is 9.90 Å². The number of hydrogen-bond acceptors (Lipinski definition) is 4. The van der Waals surface area contributed by atoms with E-state index in [1.807, 2.05) is 36.6 Å². The van der Waals surface area contributed by atoms with E-state index in [-0.39, 0.29) is 0 Å². The Kier molecular flexibility index (Phi) is 3.94. The Balaban J connectivity index is 1.86. The predicted molar refractivity (Wildman–Crippen MR) is 81.4 cm³/mol. The molecule has 0 saturated carbocycles. The number of fused-ring (bicyclic) bond motifs is 1. The fourth-order valence-corrected chi connectivity index (χ4v) is 3.06. The monoisotopic (exact) mass is 300 g/mol. The molecule has 0 fully saturated rings. The van der Waals surface area contributed by atoms with Gasteiger partial charge in [0.05, 0.1) is 23.4 Å². The molecule has 6 nitrogen and oxygen atoms in total. The average molecular weight is 300 g/mol. The number of aryl methyl sites for hydroxylation is 2. The van der Waals surface area contributed by atoms with E-state index in [0.29, 0.717) is 19.6 Å². The van der Waals surface area contributed by atoms with E-state index < -0.39 is 11.9 Å². The molecule has 1 aliphatic rings. The fraction of sp³-hybridized carbons (Fsp3) is 0.438. The number of pyridine rings is 1. The molecule has 3 heterocycles. The van der Waals surface area contributed by atoms with Gasteiger partial charge in [-0.2, -0.15) is 0 Å². The van der Waals surface area contributed by atoms with Crippen molar-refractivity contribution in [2.24, 2.45) is 0 Å². The number of carboxylic acid groups (broad SMARTS) is 1. The van der Waals surface area contributed by atoms with Crippen molar-refractivity contribution in [1.82, 2.24) is 19.4 Å². The molecule has 2 aromatic rings. The summed E-state index contributed by atoms with van der Waals surface area (Å²) in [5, 5.41) is 9.57. The van der Waals surface area contributed by atoms with E-state index >= 15 is 0 Å². The van der Waals surface area contributed by atoms with Crippen LogP contribution in [0.2, 0.25) is 0 Å². The lowest BCUT2D eigenvalue weighted by molar-refractivity contribution is -0.139. The largest absolute Gasteiger partial charge is 0.481 e. The van der Waals surface area contributed by atoms with Gasteiger partial charge in [-0.05, 0) is 26.0 Å². The van der Waals surface area contributed by atoms with Crippen molar-refractivity contribution in [2.75, 3.05) is 6.54 Å². The van der Waals surface area contributed by atoms with Gasteiger partial charge in [0, 0.05) is 31.9 Å². The summed E-state index contributed by atoms with van der Waals surface area (Å²) in [6.07, 6.45) is 1.75. The number of carbonyl (C=O) groups is 1. The van der Waals surface area contributed by atoms with Crippen LogP contribution < -0.4 is 0 Å². The van der Waals surface area contributed by atoms with Crippen LogP contribution in [0.1, 0.15) is 35.6 Å². The molecule has 2 aromatic heterocycles. The highest BCUT2D eigenvalue weighted by atomic mass is 16.4. The van der Waals surface area contributed by atoms with E-state index in [2.05, 4.69) is 14.9 Å². The van der Waals surface area contributed by atoms with E-state index in [1.165, 1.54) is 0 Å². The van der Waals surface area contributed by atoms with E-state index in [4.69, 9.17) is 0 Å². The summed E-state index contributed by atoms with van der Waals surface area (Å²) in [4.78, 5) is 22.7. The van der Waals surface area contributed by atoms with Gasteiger partial charge in [0.2, 0.25) is 0 Å². The molecule has 1 atom stereocenters. The minimum atomic E-state index is -0.793. The van der Waals surface area contributed by atoms with Gasteiger partial charge < -0.3 is 9.67 Å². The fourth-order valence-electron chi connectivity index (χ4n) is 3.06. The SMILES string of the molecule is CCn1cnc2c1[C@H](C(=O)O)CN(Cc1cccc(C)n1)C2. The van der Waals surface area contributed by atoms with Crippen LogP contribution >= 0.6 is 0 Å². The van der Waals surface area contributed by atoms with Gasteiger partial charge >= 0.3 is 5.97 Å². The molecule has 116 valence electrons. The van der Waals surface area contributed by atoms with Crippen LogP contribution in [0, 0.1) is 6.92 Å². The number of aromatic nitrogens is 3. The summed E-state index contributed by atoms with van der Waals surface area (Å²) in [7, 11) is 0. The van der Waals surface area contributed by atoms with Crippen LogP contribution in [0.5, 0.6) is 0 Å². The first-order chi connectivity index (χ1) is 10.6. The maximum Gasteiger partial charge on any atom is 0.313 e. The number of aliphatic carboxylic acids is 1. The Hall–Kier alpha value is -2.21. The Bertz CT molecular complexity index is 695. The van der Waals surface area contributed by atoms with Crippen LogP contribution in [-0.4, -0.2) is 37.1 Å². The van der Waals surface area contributed by atoms with Crippen LogP contribution in [0.4, 0.5) is 0 Å². The first-order valence-electron chi connectivity index (χ1n) is 7.50. The molecule has 0 radical (unpaired) electrons. The molecule has 0 saturated heterocycles. The number of imidazole rings is 1. The van der Waals surface area contributed by atoms with E-state index in [0.717, 1.165) is 29.3 Å². The molecule has 0 unspecified atom stereocenters. The van der Waals surface area contributed by atoms with Gasteiger partial charge in [-0.3, -0.25) is 14.7 Å². The van der Waals surface area contributed by atoms with Gasteiger partial charge in [0.1, 0.15) is 5.92 Å². The van der Waals surface area contributed by atoms with E-state index in [1.54, 1.807) is 6.33 Å². The van der Waals surface area contributed by atoms with E-state index in [9.17, 15) is 9.90 Å². The van der Waals surface area contributed by atoms with Crippen molar-refractivity contribution in [3.8, 4) is 0 Å². The zero-order chi connectivity index (χ0) is 15.7. The van der Waals surface area contributed by atoms with Crippen molar-refractivity contribution >= 4 is 5.97 Å². The third-order valence-corrected chi connectivity index (χ3v) is 4.07. The maximum absolute atomic E-state index is 11.7. The van der Waals surface area contributed by atoms with Gasteiger partial charge in [-0.15, -0.1) is 0 Å². The minimum Gasteiger partial charge on any atom is -0.481 e. The second kappa shape index (κ2) is 5.88. The Morgan fingerprint density at radius 1 is 1.45 bits per heavy atom. The Morgan fingerprint density at radius 2 is 2.27 bits per heavy atom. The smallest absolute Gasteiger partial charge is 0.313 e. The van der Waals surface area contributed by atoms with Crippen molar-refractivity contribution in [3.63, 3.8) is 0 Å². The standard InChI is InChI=1S/C16H20N4O2/c1-3-20-10-17-14-9-19(8-13(15(14)20)16(21)22)7-12-6-4-5-11(2)18-12/h4-6,10,13H,3,7-9H2,1-2H3,(H,21,22)/t13-/m1/s1. The highest BCUT2D eigenvalue weighted by molar-refractivity contribution is 5.76. The number of nitrogens with zero attached hydrogens (tertiary/aromatic N) is 4. The zero-order valence-electron chi connectivity index (χ0n) is 12.9. The number of carboxylic acids is 1. The summed E-state index contributed by atoms with van der Waals surface area (Å²) < 4.78 is 1.94. The molecule has 3 rings (SSSR count). The van der Waals surface area contributed by atoms with Crippen LogP contribution in [0.3, 0.4) is 0 Å². The summed E-state index contributed by atoms with van der Waals surface area (Å²) >= 11 is 0. The normalized spacial score (nSPS) is 18.2. The predicted octanol–water partition coefficient (Wildman–Crippen LogP) is 1.79. The molecular weight excluding hydrogens is 280 g/mol. The zero-order valence-corrected chi connectivity index (χ0v) is 12.9. The first kappa shape index (κ1) is 14.7. The molecule has 0 spiro atoms. The van der Waals surface area contributed by atoms with Crippen molar-refractivity contribution in [2.45, 2.75) is 39.4 Å². The lowest BCUT2D eigenvalue weighted by Gasteiger charge is -2.30. The molecule has 6 heteroatoms. The lowest BCUT2D eigenvalue weighted by atomic mass is 9.98. The summed E-state index contributed by atoms with van der Waals surface area (Å²) in [5.74, 6) is -1.32. The highest BCUT2D eigenvalue weighted by Gasteiger charge is 2.34. The Morgan fingerprint density at radius 3 is 2.95 bits per heavy atom. The van der Waals surface area contributed by atoms with Gasteiger partial charge in [-0.25, -0.2) is 4.98 Å². The molecule has 22 heavy (non-hydrogen) atoms. The number of rotatable bonds is 4.